The first-order chi connectivity index (χ1) is 10.8. The zero-order valence-electron chi connectivity index (χ0n) is 12.8. The zero-order chi connectivity index (χ0) is 14.7. The van der Waals surface area contributed by atoms with Crippen molar-refractivity contribution in [3.05, 3.63) is 48.0 Å². The van der Waals surface area contributed by atoms with Crippen LogP contribution in [0.5, 0.6) is 5.75 Å². The summed E-state index contributed by atoms with van der Waals surface area (Å²) in [6, 6.07) is 12.8. The molecule has 1 heterocycles. The first-order valence-electron chi connectivity index (χ1n) is 8.24. The number of rotatable bonds is 1. The predicted molar refractivity (Wildman–Crippen MR) is 88.0 cm³/mol. The third-order valence-corrected chi connectivity index (χ3v) is 5.95. The van der Waals surface area contributed by atoms with Gasteiger partial charge in [-0.15, -0.1) is 0 Å². The van der Waals surface area contributed by atoms with E-state index in [0.29, 0.717) is 11.8 Å². The van der Waals surface area contributed by atoms with Gasteiger partial charge in [0.2, 0.25) is 0 Å². The van der Waals surface area contributed by atoms with Crippen molar-refractivity contribution in [1.29, 1.82) is 0 Å². The van der Waals surface area contributed by atoms with E-state index in [-0.39, 0.29) is 11.7 Å². The number of hydrogen-bond acceptors (Lipinski definition) is 2. The number of methoxy groups -OCH3 is 1. The van der Waals surface area contributed by atoms with Gasteiger partial charge in [0.05, 0.1) is 0 Å². The molecule has 2 bridgehead atoms. The third-order valence-electron chi connectivity index (χ3n) is 5.95. The first kappa shape index (κ1) is 12.7. The van der Waals surface area contributed by atoms with Crippen LogP contribution in [-0.2, 0) is 4.74 Å². The normalized spacial score (nSPS) is 35.0. The van der Waals surface area contributed by atoms with Crippen LogP contribution in [0.15, 0.2) is 42.5 Å². The molecule has 0 N–H and O–H groups in total. The summed E-state index contributed by atoms with van der Waals surface area (Å²) in [6.45, 7) is 0. The van der Waals surface area contributed by atoms with Crippen molar-refractivity contribution < 1.29 is 9.47 Å². The molecule has 4 atom stereocenters. The Morgan fingerprint density at radius 3 is 2.95 bits per heavy atom. The fraction of sp³-hybridized carbons (Fsp3) is 0.400. The molecule has 5 rings (SSSR count). The standard InChI is InChI=1S/C20H20O2/c1-21-19-15-8-9-16(12-15)20(19)11-10-14-7-6-13-4-2-3-5-17(13)18(14)22-20/h2-7,10-11,15-16,19H,8-9,12H2,1H3. The van der Waals surface area contributed by atoms with E-state index >= 15 is 0 Å². The maximum Gasteiger partial charge on any atom is 0.156 e. The largest absolute Gasteiger partial charge is 0.479 e. The lowest BCUT2D eigenvalue weighted by Crippen LogP contribution is -2.52. The van der Waals surface area contributed by atoms with E-state index in [1.807, 2.05) is 7.11 Å². The van der Waals surface area contributed by atoms with Gasteiger partial charge in [-0.2, -0.15) is 0 Å². The van der Waals surface area contributed by atoms with Crippen LogP contribution in [0.25, 0.3) is 16.8 Å². The van der Waals surface area contributed by atoms with Crippen LogP contribution < -0.4 is 4.74 Å². The van der Waals surface area contributed by atoms with Gasteiger partial charge in [-0.3, -0.25) is 0 Å². The number of hydrogen-bond donors (Lipinski definition) is 0. The predicted octanol–water partition coefficient (Wildman–Crippen LogP) is 4.43. The minimum Gasteiger partial charge on any atom is -0.479 e. The van der Waals surface area contributed by atoms with E-state index in [4.69, 9.17) is 9.47 Å². The summed E-state index contributed by atoms with van der Waals surface area (Å²) in [5.41, 5.74) is 0.927. The van der Waals surface area contributed by atoms with Crippen molar-refractivity contribution in [3.8, 4) is 5.75 Å². The fourth-order valence-electron chi connectivity index (χ4n) is 4.99. The fourth-order valence-corrected chi connectivity index (χ4v) is 4.99. The second-order valence-corrected chi connectivity index (χ2v) is 6.92. The maximum absolute atomic E-state index is 6.72. The molecule has 2 aromatic carbocycles. The van der Waals surface area contributed by atoms with Gasteiger partial charge in [-0.25, -0.2) is 0 Å². The van der Waals surface area contributed by atoms with Crippen LogP contribution in [-0.4, -0.2) is 18.8 Å². The van der Waals surface area contributed by atoms with Crippen molar-refractivity contribution in [2.75, 3.05) is 7.11 Å². The molecule has 2 heteroatoms. The average molecular weight is 292 g/mol. The van der Waals surface area contributed by atoms with Gasteiger partial charge in [0, 0.05) is 24.0 Å². The van der Waals surface area contributed by atoms with Crippen molar-refractivity contribution in [3.63, 3.8) is 0 Å². The van der Waals surface area contributed by atoms with Gasteiger partial charge in [-0.1, -0.05) is 42.5 Å². The Morgan fingerprint density at radius 2 is 2.05 bits per heavy atom. The Morgan fingerprint density at radius 1 is 1.14 bits per heavy atom. The molecule has 0 saturated heterocycles. The summed E-state index contributed by atoms with van der Waals surface area (Å²) in [5, 5.41) is 2.45. The molecular formula is C20H20O2. The molecular weight excluding hydrogens is 272 g/mol. The molecule has 2 aliphatic carbocycles. The van der Waals surface area contributed by atoms with Crippen LogP contribution in [0.2, 0.25) is 0 Å². The van der Waals surface area contributed by atoms with E-state index in [1.54, 1.807) is 0 Å². The molecule has 1 spiro atoms. The Kier molecular flexibility index (Phi) is 2.52. The summed E-state index contributed by atoms with van der Waals surface area (Å²) in [7, 11) is 1.84. The third kappa shape index (κ3) is 1.49. The second kappa shape index (κ2) is 4.36. The Labute approximate surface area is 130 Å². The lowest BCUT2D eigenvalue weighted by atomic mass is 9.79. The molecule has 0 amide bonds. The van der Waals surface area contributed by atoms with E-state index < -0.39 is 0 Å². The molecule has 112 valence electrons. The lowest BCUT2D eigenvalue weighted by Gasteiger charge is -2.43. The summed E-state index contributed by atoms with van der Waals surface area (Å²) in [4.78, 5) is 0. The van der Waals surface area contributed by atoms with Crippen LogP contribution in [0.3, 0.4) is 0 Å². The number of fused-ring (bicyclic) bond motifs is 6. The van der Waals surface area contributed by atoms with Crippen LogP contribution >= 0.6 is 0 Å². The van der Waals surface area contributed by atoms with Gasteiger partial charge in [-0.05, 0) is 36.6 Å². The highest BCUT2D eigenvalue weighted by Crippen LogP contribution is 2.56. The van der Waals surface area contributed by atoms with Crippen LogP contribution in [0, 0.1) is 11.8 Å². The smallest absolute Gasteiger partial charge is 0.156 e. The van der Waals surface area contributed by atoms with Gasteiger partial charge in [0.25, 0.3) is 0 Å². The molecule has 3 aliphatic rings. The number of benzene rings is 2. The molecule has 2 fully saturated rings. The summed E-state index contributed by atoms with van der Waals surface area (Å²) >= 11 is 0. The van der Waals surface area contributed by atoms with E-state index in [9.17, 15) is 0 Å². The highest BCUT2D eigenvalue weighted by molar-refractivity contribution is 5.92. The minimum atomic E-state index is -0.255. The van der Waals surface area contributed by atoms with E-state index in [0.717, 1.165) is 5.75 Å². The minimum absolute atomic E-state index is 0.189. The monoisotopic (exact) mass is 292 g/mol. The van der Waals surface area contributed by atoms with Gasteiger partial charge >= 0.3 is 0 Å². The van der Waals surface area contributed by atoms with Gasteiger partial charge in [0.15, 0.2) is 5.60 Å². The topological polar surface area (TPSA) is 18.5 Å². The Balaban J connectivity index is 1.69. The molecule has 4 unspecified atom stereocenters. The molecule has 0 radical (unpaired) electrons. The average Bonchev–Trinajstić information content (AvgIpc) is 3.15. The van der Waals surface area contributed by atoms with E-state index in [2.05, 4.69) is 48.6 Å². The second-order valence-electron chi connectivity index (χ2n) is 6.92. The quantitative estimate of drug-likeness (QED) is 0.774. The van der Waals surface area contributed by atoms with Gasteiger partial charge < -0.3 is 9.47 Å². The molecule has 2 saturated carbocycles. The van der Waals surface area contributed by atoms with Crippen molar-refractivity contribution in [1.82, 2.24) is 0 Å². The van der Waals surface area contributed by atoms with Crippen molar-refractivity contribution >= 4 is 16.8 Å². The Bertz CT molecular complexity index is 778. The first-order valence-corrected chi connectivity index (χ1v) is 8.24. The van der Waals surface area contributed by atoms with Gasteiger partial charge in [0.1, 0.15) is 11.9 Å². The summed E-state index contributed by atoms with van der Waals surface area (Å²) < 4.78 is 12.6. The highest BCUT2D eigenvalue weighted by Gasteiger charge is 2.60. The maximum atomic E-state index is 6.72. The van der Waals surface area contributed by atoms with Crippen molar-refractivity contribution in [2.45, 2.75) is 31.0 Å². The Hall–Kier alpha value is -1.80. The van der Waals surface area contributed by atoms with Crippen molar-refractivity contribution in [2.24, 2.45) is 11.8 Å². The van der Waals surface area contributed by atoms with Crippen LogP contribution in [0.4, 0.5) is 0 Å². The number of ether oxygens (including phenoxy) is 2. The molecule has 1 aliphatic heterocycles. The summed E-state index contributed by atoms with van der Waals surface area (Å²) in [6.07, 6.45) is 8.50. The zero-order valence-corrected chi connectivity index (χ0v) is 12.8. The lowest BCUT2D eigenvalue weighted by molar-refractivity contribution is -0.0770. The molecule has 2 aromatic rings. The SMILES string of the molecule is COC1C2CCC(C2)C12C=Cc1ccc3ccccc3c1O2. The molecule has 0 aromatic heterocycles. The molecule has 22 heavy (non-hydrogen) atoms. The van der Waals surface area contributed by atoms with Crippen LogP contribution in [0.1, 0.15) is 24.8 Å². The molecule has 2 nitrogen and oxygen atoms in total. The van der Waals surface area contributed by atoms with E-state index in [1.165, 1.54) is 35.6 Å². The summed E-state index contributed by atoms with van der Waals surface area (Å²) in [5.74, 6) is 2.28. The highest BCUT2D eigenvalue weighted by atomic mass is 16.6.